The summed E-state index contributed by atoms with van der Waals surface area (Å²) < 4.78 is 5.80. The highest BCUT2D eigenvalue weighted by Crippen LogP contribution is 2.25. The average molecular weight is 371 g/mol. The molecular weight excluding hydrogens is 347 g/mol. The molecule has 2 fully saturated rings. The van der Waals surface area contributed by atoms with Crippen molar-refractivity contribution in [2.24, 2.45) is 0 Å². The number of benzene rings is 1. The maximum atomic E-state index is 12.9. The highest BCUT2D eigenvalue weighted by molar-refractivity contribution is 6.35. The molecule has 132 valence electrons. The molecule has 6 heteroatoms. The summed E-state index contributed by atoms with van der Waals surface area (Å²) in [4.78, 5) is 17.3. The first-order valence-corrected chi connectivity index (χ1v) is 9.33. The summed E-state index contributed by atoms with van der Waals surface area (Å²) in [6.45, 7) is 7.75. The van der Waals surface area contributed by atoms with E-state index in [-0.39, 0.29) is 24.2 Å². The zero-order valence-electron chi connectivity index (χ0n) is 14.2. The van der Waals surface area contributed by atoms with Crippen LogP contribution in [0.2, 0.25) is 10.0 Å². The molecule has 0 N–H and O–H groups in total. The molecule has 1 aromatic rings. The van der Waals surface area contributed by atoms with Crippen LogP contribution in [0.4, 0.5) is 0 Å². The average Bonchev–Trinajstić information content (AvgIpc) is 2.92. The number of amides is 1. The molecular formula is C18H24Cl2N2O2. The van der Waals surface area contributed by atoms with Crippen LogP contribution in [0.15, 0.2) is 18.2 Å². The summed E-state index contributed by atoms with van der Waals surface area (Å²) in [6, 6.07) is 5.29. The van der Waals surface area contributed by atoms with Gasteiger partial charge in [-0.2, -0.15) is 0 Å². The van der Waals surface area contributed by atoms with Crippen LogP contribution >= 0.6 is 23.2 Å². The molecule has 0 spiro atoms. The summed E-state index contributed by atoms with van der Waals surface area (Å²) in [7, 11) is 0. The molecule has 2 saturated heterocycles. The highest BCUT2D eigenvalue weighted by atomic mass is 35.5. The topological polar surface area (TPSA) is 32.8 Å². The Hall–Kier alpha value is -0.810. The Morgan fingerprint density at radius 3 is 2.42 bits per heavy atom. The molecule has 24 heavy (non-hydrogen) atoms. The minimum atomic E-state index is 0.0243. The molecule has 3 unspecified atom stereocenters. The number of halogens is 2. The van der Waals surface area contributed by atoms with Crippen molar-refractivity contribution in [2.75, 3.05) is 26.2 Å². The fraction of sp³-hybridized carbons (Fsp3) is 0.611. The lowest BCUT2D eigenvalue weighted by Crippen LogP contribution is -2.50. The van der Waals surface area contributed by atoms with Crippen LogP contribution in [0.5, 0.6) is 0 Å². The first kappa shape index (κ1) is 18.0. The van der Waals surface area contributed by atoms with E-state index >= 15 is 0 Å². The monoisotopic (exact) mass is 370 g/mol. The third-order valence-electron chi connectivity index (χ3n) is 4.71. The number of ether oxygens (including phenoxy) is 1. The molecule has 3 rings (SSSR count). The predicted octanol–water partition coefficient (Wildman–Crippen LogP) is 3.71. The smallest absolute Gasteiger partial charge is 0.254 e. The van der Waals surface area contributed by atoms with Gasteiger partial charge in [-0.05, 0) is 44.9 Å². The van der Waals surface area contributed by atoms with Crippen LogP contribution in [0.1, 0.15) is 37.0 Å². The van der Waals surface area contributed by atoms with E-state index in [0.29, 0.717) is 15.6 Å². The number of hydrogen-bond acceptors (Lipinski definition) is 3. The van der Waals surface area contributed by atoms with Gasteiger partial charge < -0.3 is 9.64 Å². The lowest BCUT2D eigenvalue weighted by molar-refractivity contribution is -0.0715. The number of rotatable bonds is 3. The van der Waals surface area contributed by atoms with Gasteiger partial charge in [0.1, 0.15) is 0 Å². The van der Waals surface area contributed by atoms with E-state index in [1.165, 1.54) is 0 Å². The molecule has 1 aromatic carbocycles. The molecule has 0 radical (unpaired) electrons. The molecule has 1 amide bonds. The van der Waals surface area contributed by atoms with Crippen LogP contribution in [-0.2, 0) is 4.74 Å². The first-order valence-electron chi connectivity index (χ1n) is 8.57. The van der Waals surface area contributed by atoms with Crippen LogP contribution in [0, 0.1) is 0 Å². The largest absolute Gasteiger partial charge is 0.373 e. The Kier molecular flexibility index (Phi) is 5.70. The molecule has 0 aliphatic carbocycles. The molecule has 2 heterocycles. The third-order valence-corrected chi connectivity index (χ3v) is 5.15. The van der Waals surface area contributed by atoms with Gasteiger partial charge in [0, 0.05) is 47.8 Å². The van der Waals surface area contributed by atoms with Crippen LogP contribution in [-0.4, -0.2) is 60.1 Å². The van der Waals surface area contributed by atoms with Crippen LogP contribution in [0.3, 0.4) is 0 Å². The fourth-order valence-electron chi connectivity index (χ4n) is 3.87. The van der Waals surface area contributed by atoms with Gasteiger partial charge in [0.2, 0.25) is 0 Å². The maximum absolute atomic E-state index is 12.9. The maximum Gasteiger partial charge on any atom is 0.254 e. The second-order valence-corrected chi connectivity index (χ2v) is 7.80. The van der Waals surface area contributed by atoms with Gasteiger partial charge >= 0.3 is 0 Å². The Balaban J connectivity index is 1.69. The first-order chi connectivity index (χ1) is 11.4. The predicted molar refractivity (Wildman–Crippen MR) is 97.0 cm³/mol. The van der Waals surface area contributed by atoms with Gasteiger partial charge in [-0.3, -0.25) is 9.69 Å². The molecule has 2 aliphatic heterocycles. The van der Waals surface area contributed by atoms with E-state index in [0.717, 1.165) is 39.0 Å². The van der Waals surface area contributed by atoms with E-state index in [4.69, 9.17) is 27.9 Å². The summed E-state index contributed by atoms with van der Waals surface area (Å²) in [5.41, 5.74) is 0.572. The molecule has 2 aliphatic rings. The van der Waals surface area contributed by atoms with Crippen molar-refractivity contribution in [3.8, 4) is 0 Å². The van der Waals surface area contributed by atoms with E-state index in [1.807, 2.05) is 4.90 Å². The van der Waals surface area contributed by atoms with Crippen molar-refractivity contribution in [1.82, 2.24) is 9.80 Å². The van der Waals surface area contributed by atoms with Crippen molar-refractivity contribution in [2.45, 2.75) is 44.9 Å². The summed E-state index contributed by atoms with van der Waals surface area (Å²) >= 11 is 12.1. The SMILES string of the molecule is CC1CN(CC2CCCN2C(=O)c2cc(Cl)cc(Cl)c2)CC(C)O1. The standard InChI is InChI=1S/C18H24Cl2N2O2/c1-12-9-21(10-13(2)24-12)11-17-4-3-5-22(17)18(23)14-6-15(19)8-16(20)7-14/h6-8,12-13,17H,3-5,9-11H2,1-2H3. The van der Waals surface area contributed by atoms with Crippen molar-refractivity contribution in [1.29, 1.82) is 0 Å². The van der Waals surface area contributed by atoms with Gasteiger partial charge in [0.05, 0.1) is 12.2 Å². The Morgan fingerprint density at radius 1 is 1.17 bits per heavy atom. The summed E-state index contributed by atoms with van der Waals surface area (Å²) in [5, 5.41) is 0.995. The molecule has 3 atom stereocenters. The normalized spacial score (nSPS) is 28.3. The van der Waals surface area contributed by atoms with Crippen molar-refractivity contribution < 1.29 is 9.53 Å². The van der Waals surface area contributed by atoms with Crippen molar-refractivity contribution in [3.05, 3.63) is 33.8 Å². The number of likely N-dealkylation sites (tertiary alicyclic amines) is 1. The van der Waals surface area contributed by atoms with E-state index < -0.39 is 0 Å². The van der Waals surface area contributed by atoms with Crippen LogP contribution in [0.25, 0.3) is 0 Å². The Morgan fingerprint density at radius 2 is 1.79 bits per heavy atom. The Bertz CT molecular complexity index is 580. The van der Waals surface area contributed by atoms with Gasteiger partial charge in [0.25, 0.3) is 5.91 Å². The third kappa shape index (κ3) is 4.23. The highest BCUT2D eigenvalue weighted by Gasteiger charge is 2.33. The number of nitrogens with zero attached hydrogens (tertiary/aromatic N) is 2. The van der Waals surface area contributed by atoms with Gasteiger partial charge in [-0.15, -0.1) is 0 Å². The lowest BCUT2D eigenvalue weighted by atomic mass is 10.1. The number of carbonyl (C=O) groups is 1. The minimum Gasteiger partial charge on any atom is -0.373 e. The molecule has 4 nitrogen and oxygen atoms in total. The van der Waals surface area contributed by atoms with E-state index in [1.54, 1.807) is 18.2 Å². The quantitative estimate of drug-likeness (QED) is 0.812. The Labute approximate surface area is 153 Å². The van der Waals surface area contributed by atoms with Crippen molar-refractivity contribution in [3.63, 3.8) is 0 Å². The van der Waals surface area contributed by atoms with E-state index in [9.17, 15) is 4.79 Å². The number of carbonyl (C=O) groups excluding carboxylic acids is 1. The lowest BCUT2D eigenvalue weighted by Gasteiger charge is -2.38. The second kappa shape index (κ2) is 7.61. The fourth-order valence-corrected chi connectivity index (χ4v) is 4.39. The number of hydrogen-bond donors (Lipinski definition) is 0. The summed E-state index contributed by atoms with van der Waals surface area (Å²) in [6.07, 6.45) is 2.57. The second-order valence-electron chi connectivity index (χ2n) is 6.93. The number of morpholine rings is 1. The summed E-state index contributed by atoms with van der Waals surface area (Å²) in [5.74, 6) is 0.0243. The van der Waals surface area contributed by atoms with Gasteiger partial charge in [-0.1, -0.05) is 23.2 Å². The van der Waals surface area contributed by atoms with Crippen molar-refractivity contribution >= 4 is 29.1 Å². The van der Waals surface area contributed by atoms with Crippen LogP contribution < -0.4 is 0 Å². The zero-order chi connectivity index (χ0) is 17.3. The minimum absolute atomic E-state index is 0.0243. The van der Waals surface area contributed by atoms with Gasteiger partial charge in [-0.25, -0.2) is 0 Å². The molecule has 0 aromatic heterocycles. The molecule has 0 saturated carbocycles. The zero-order valence-corrected chi connectivity index (χ0v) is 15.7. The van der Waals surface area contributed by atoms with E-state index in [2.05, 4.69) is 18.7 Å². The van der Waals surface area contributed by atoms with Gasteiger partial charge in [0.15, 0.2) is 0 Å². The molecule has 0 bridgehead atoms.